The van der Waals surface area contributed by atoms with Gasteiger partial charge in [0.05, 0.1) is 23.4 Å². The molecule has 41 heavy (non-hydrogen) atoms. The Kier molecular flexibility index (Phi) is 10.1. The molecule has 0 aromatic carbocycles. The number of nitrogens with one attached hydrogen (secondary N) is 1. The summed E-state index contributed by atoms with van der Waals surface area (Å²) in [5, 5.41) is 7.12. The van der Waals surface area contributed by atoms with E-state index in [1.807, 2.05) is 0 Å². The minimum atomic E-state index is -1.55. The monoisotopic (exact) mass is 575 g/mol. The molecule has 0 saturated carbocycles. The van der Waals surface area contributed by atoms with E-state index in [2.05, 4.69) is 15.4 Å². The van der Waals surface area contributed by atoms with Gasteiger partial charge in [0.1, 0.15) is 24.6 Å². The summed E-state index contributed by atoms with van der Waals surface area (Å²) in [7, 11) is 0. The molecular weight excluding hydrogens is 534 g/mol. The third-order valence-electron chi connectivity index (χ3n) is 6.73. The maximum absolute atomic E-state index is 12.9. The SMILES string of the molecule is CC(C)C(=O)Nc1ncnn2c([C@@H]3O[C@](CN)(COC(=O)C(C)C)[C@@H](OC(=O)C(C)C)[C@H]3OC(=O)C(C)C)ccc12. The van der Waals surface area contributed by atoms with Crippen LogP contribution in [0.5, 0.6) is 0 Å². The molecule has 2 aromatic rings. The van der Waals surface area contributed by atoms with Crippen molar-refractivity contribution in [3.63, 3.8) is 0 Å². The molecule has 3 rings (SSSR count). The van der Waals surface area contributed by atoms with E-state index in [0.29, 0.717) is 11.2 Å². The molecule has 0 aliphatic carbocycles. The number of hydrogen-bond acceptors (Lipinski definition) is 11. The van der Waals surface area contributed by atoms with Crippen molar-refractivity contribution in [2.75, 3.05) is 18.5 Å². The maximum Gasteiger partial charge on any atom is 0.308 e. The van der Waals surface area contributed by atoms with Crippen LogP contribution in [-0.2, 0) is 38.1 Å². The third-order valence-corrected chi connectivity index (χ3v) is 6.73. The van der Waals surface area contributed by atoms with E-state index in [1.165, 1.54) is 10.8 Å². The number of fused-ring (bicyclic) bond motifs is 1. The summed E-state index contributed by atoms with van der Waals surface area (Å²) >= 11 is 0. The molecule has 3 N–H and O–H groups in total. The molecule has 0 radical (unpaired) electrons. The van der Waals surface area contributed by atoms with Crippen LogP contribution in [0.1, 0.15) is 67.2 Å². The Morgan fingerprint density at radius 1 is 0.951 bits per heavy atom. The number of nitrogens with two attached hydrogens (primary N) is 1. The lowest BCUT2D eigenvalue weighted by molar-refractivity contribution is -0.181. The van der Waals surface area contributed by atoms with Gasteiger partial charge in [0.15, 0.2) is 23.6 Å². The summed E-state index contributed by atoms with van der Waals surface area (Å²) < 4.78 is 25.4. The summed E-state index contributed by atoms with van der Waals surface area (Å²) in [6.07, 6.45) is -2.17. The minimum Gasteiger partial charge on any atom is -0.462 e. The number of aromatic nitrogens is 3. The summed E-state index contributed by atoms with van der Waals surface area (Å²) in [6, 6.07) is 3.37. The average Bonchev–Trinajstić information content (AvgIpc) is 3.47. The Hall–Kier alpha value is -3.58. The van der Waals surface area contributed by atoms with Gasteiger partial charge in [-0.25, -0.2) is 9.50 Å². The topological polar surface area (TPSA) is 173 Å². The van der Waals surface area contributed by atoms with Crippen LogP contribution in [0.25, 0.3) is 5.52 Å². The molecule has 226 valence electrons. The zero-order valence-corrected chi connectivity index (χ0v) is 24.9. The minimum absolute atomic E-state index is 0.228. The number of amides is 1. The van der Waals surface area contributed by atoms with Crippen LogP contribution in [0.15, 0.2) is 18.5 Å². The van der Waals surface area contributed by atoms with Crippen LogP contribution in [0.2, 0.25) is 0 Å². The molecule has 1 aliphatic rings. The first-order valence-corrected chi connectivity index (χ1v) is 13.8. The van der Waals surface area contributed by atoms with Crippen molar-refractivity contribution >= 4 is 35.1 Å². The average molecular weight is 576 g/mol. The van der Waals surface area contributed by atoms with Gasteiger partial charge in [0, 0.05) is 12.5 Å². The van der Waals surface area contributed by atoms with Gasteiger partial charge in [-0.1, -0.05) is 55.4 Å². The molecule has 13 heteroatoms. The molecule has 1 saturated heterocycles. The van der Waals surface area contributed by atoms with Crippen LogP contribution in [0.4, 0.5) is 5.82 Å². The van der Waals surface area contributed by atoms with Crippen LogP contribution in [0.3, 0.4) is 0 Å². The lowest BCUT2D eigenvalue weighted by atomic mass is 9.93. The lowest BCUT2D eigenvalue weighted by Gasteiger charge is -2.33. The van der Waals surface area contributed by atoms with Gasteiger partial charge in [-0.3, -0.25) is 19.2 Å². The normalized spacial score (nSPS) is 22.5. The van der Waals surface area contributed by atoms with Crippen molar-refractivity contribution in [1.82, 2.24) is 14.6 Å². The fourth-order valence-electron chi connectivity index (χ4n) is 4.13. The number of ether oxygens (including phenoxy) is 4. The van der Waals surface area contributed by atoms with Gasteiger partial charge in [-0.15, -0.1) is 0 Å². The molecule has 0 unspecified atom stereocenters. The lowest BCUT2D eigenvalue weighted by Crippen LogP contribution is -2.55. The highest BCUT2D eigenvalue weighted by atomic mass is 16.7. The molecule has 2 aromatic heterocycles. The Balaban J connectivity index is 2.15. The van der Waals surface area contributed by atoms with Crippen molar-refractivity contribution in [1.29, 1.82) is 0 Å². The second kappa shape index (κ2) is 12.9. The Bertz CT molecular complexity index is 1270. The Labute approximate surface area is 239 Å². The second-order valence-corrected chi connectivity index (χ2v) is 11.4. The molecule has 0 bridgehead atoms. The predicted octanol–water partition coefficient (Wildman–Crippen LogP) is 2.43. The largest absolute Gasteiger partial charge is 0.462 e. The number of carbonyl (C=O) groups excluding carboxylic acids is 4. The zero-order chi connectivity index (χ0) is 30.6. The molecule has 1 amide bonds. The zero-order valence-electron chi connectivity index (χ0n) is 24.9. The van der Waals surface area contributed by atoms with E-state index in [4.69, 9.17) is 24.7 Å². The van der Waals surface area contributed by atoms with E-state index in [1.54, 1.807) is 67.5 Å². The summed E-state index contributed by atoms with van der Waals surface area (Å²) in [4.78, 5) is 54.8. The maximum atomic E-state index is 12.9. The van der Waals surface area contributed by atoms with Gasteiger partial charge in [0.2, 0.25) is 5.91 Å². The second-order valence-electron chi connectivity index (χ2n) is 11.4. The van der Waals surface area contributed by atoms with E-state index < -0.39 is 59.6 Å². The van der Waals surface area contributed by atoms with Crippen molar-refractivity contribution in [3.8, 4) is 0 Å². The smallest absolute Gasteiger partial charge is 0.308 e. The van der Waals surface area contributed by atoms with Gasteiger partial charge in [-0.2, -0.15) is 5.10 Å². The molecular formula is C28H41N5O8. The van der Waals surface area contributed by atoms with Crippen molar-refractivity contribution in [2.45, 2.75) is 79.3 Å². The number of carbonyl (C=O) groups is 4. The van der Waals surface area contributed by atoms with Gasteiger partial charge in [-0.05, 0) is 12.1 Å². The van der Waals surface area contributed by atoms with Gasteiger partial charge >= 0.3 is 17.9 Å². The number of hydrogen-bond donors (Lipinski definition) is 2. The molecule has 1 aliphatic heterocycles. The Morgan fingerprint density at radius 3 is 2.12 bits per heavy atom. The van der Waals surface area contributed by atoms with Crippen molar-refractivity contribution in [2.24, 2.45) is 29.4 Å². The standard InChI is InChI=1S/C28H41N5O8/c1-14(2)24(34)32-23-19-10-9-18(33(19)31-13-30-23)20-21(39-26(36)16(5)6)22(40-27(37)17(7)8)28(11-29,41-20)12-38-25(35)15(3)4/h9-10,13-17,20-22H,11-12,29H2,1-8H3,(H,30,31,32,34)/t20-,21-,22-,28+/m0/s1. The summed E-state index contributed by atoms with van der Waals surface area (Å²) in [6.45, 7) is 13.0. The Morgan fingerprint density at radius 2 is 1.56 bits per heavy atom. The fourth-order valence-corrected chi connectivity index (χ4v) is 4.13. The summed E-state index contributed by atoms with van der Waals surface area (Å²) in [5.41, 5.74) is 5.56. The summed E-state index contributed by atoms with van der Waals surface area (Å²) in [5.74, 6) is -3.32. The van der Waals surface area contributed by atoms with E-state index in [-0.39, 0.29) is 30.8 Å². The highest BCUT2D eigenvalue weighted by molar-refractivity contribution is 5.94. The van der Waals surface area contributed by atoms with E-state index in [9.17, 15) is 19.2 Å². The first-order chi connectivity index (χ1) is 19.2. The van der Waals surface area contributed by atoms with E-state index in [0.717, 1.165) is 0 Å². The number of esters is 3. The van der Waals surface area contributed by atoms with Crippen LogP contribution in [-0.4, -0.2) is 69.4 Å². The highest BCUT2D eigenvalue weighted by Crippen LogP contribution is 2.44. The van der Waals surface area contributed by atoms with Gasteiger partial charge in [0.25, 0.3) is 0 Å². The fraction of sp³-hybridized carbons (Fsp3) is 0.643. The van der Waals surface area contributed by atoms with E-state index >= 15 is 0 Å². The molecule has 4 atom stereocenters. The molecule has 0 spiro atoms. The molecule has 13 nitrogen and oxygen atoms in total. The molecule has 1 fully saturated rings. The number of nitrogens with zero attached hydrogens (tertiary/aromatic N) is 3. The first kappa shape index (κ1) is 31.9. The van der Waals surface area contributed by atoms with Crippen molar-refractivity contribution < 1.29 is 38.1 Å². The third kappa shape index (κ3) is 6.84. The van der Waals surface area contributed by atoms with Crippen molar-refractivity contribution in [3.05, 3.63) is 24.2 Å². The van der Waals surface area contributed by atoms with Gasteiger partial charge < -0.3 is 30.0 Å². The predicted molar refractivity (Wildman–Crippen MR) is 147 cm³/mol. The quantitative estimate of drug-likeness (QED) is 0.297. The molecule has 3 heterocycles. The number of anilines is 1. The first-order valence-electron chi connectivity index (χ1n) is 13.8. The number of rotatable bonds is 11. The van der Waals surface area contributed by atoms with Crippen LogP contribution < -0.4 is 11.1 Å². The van der Waals surface area contributed by atoms with Crippen LogP contribution in [0, 0.1) is 23.7 Å². The highest BCUT2D eigenvalue weighted by Gasteiger charge is 2.60. The van der Waals surface area contributed by atoms with Crippen LogP contribution >= 0.6 is 0 Å².